The quantitative estimate of drug-likeness (QED) is 0.772. The van der Waals surface area contributed by atoms with Gasteiger partial charge in [-0.1, -0.05) is 18.2 Å². The Balaban J connectivity index is 1.89. The van der Waals surface area contributed by atoms with E-state index in [0.29, 0.717) is 18.7 Å². The van der Waals surface area contributed by atoms with E-state index in [1.54, 1.807) is 12.1 Å². The Bertz CT molecular complexity index is 788. The average Bonchev–Trinajstić information content (AvgIpc) is 2.90. The van der Waals surface area contributed by atoms with Crippen molar-refractivity contribution in [2.75, 3.05) is 0 Å². The lowest BCUT2D eigenvalue weighted by atomic mass is 10.1. The van der Waals surface area contributed by atoms with E-state index in [4.69, 9.17) is 10.8 Å². The number of carboxylic acid groups (broad SMARTS) is 1. The molecule has 0 aliphatic carbocycles. The summed E-state index contributed by atoms with van der Waals surface area (Å²) in [7, 11) is 0. The zero-order chi connectivity index (χ0) is 14.8. The number of aromatic carboxylic acids is 1. The zero-order valence-electron chi connectivity index (χ0n) is 11.5. The first-order valence-electron chi connectivity index (χ1n) is 6.77. The van der Waals surface area contributed by atoms with E-state index < -0.39 is 5.97 Å². The van der Waals surface area contributed by atoms with Gasteiger partial charge in [-0.15, -0.1) is 0 Å². The predicted molar refractivity (Wildman–Crippen MR) is 82.3 cm³/mol. The first kappa shape index (κ1) is 13.4. The first-order valence-corrected chi connectivity index (χ1v) is 6.77. The van der Waals surface area contributed by atoms with Crippen LogP contribution in [0, 0.1) is 0 Å². The second-order valence-corrected chi connectivity index (χ2v) is 5.04. The minimum Gasteiger partial charge on any atom is -0.478 e. The molecule has 0 aliphatic heterocycles. The normalized spacial score (nSPS) is 10.9. The van der Waals surface area contributed by atoms with Crippen molar-refractivity contribution < 1.29 is 9.90 Å². The van der Waals surface area contributed by atoms with Crippen LogP contribution in [0.2, 0.25) is 0 Å². The third-order valence-electron chi connectivity index (χ3n) is 3.62. The summed E-state index contributed by atoms with van der Waals surface area (Å²) >= 11 is 0. The molecule has 0 bridgehead atoms. The summed E-state index contributed by atoms with van der Waals surface area (Å²) in [5.41, 5.74) is 9.30. The summed E-state index contributed by atoms with van der Waals surface area (Å²) in [5.74, 6) is -0.901. The van der Waals surface area contributed by atoms with Crippen LogP contribution in [0.25, 0.3) is 10.9 Å². The Morgan fingerprint density at radius 3 is 2.43 bits per heavy atom. The predicted octanol–water partition coefficient (Wildman–Crippen LogP) is 2.85. The van der Waals surface area contributed by atoms with Gasteiger partial charge in [0.1, 0.15) is 0 Å². The summed E-state index contributed by atoms with van der Waals surface area (Å²) in [4.78, 5) is 10.8. The number of hydrogen-bond acceptors (Lipinski definition) is 2. The van der Waals surface area contributed by atoms with Crippen LogP contribution in [-0.2, 0) is 13.1 Å². The highest BCUT2D eigenvalue weighted by Gasteiger charge is 2.05. The van der Waals surface area contributed by atoms with Crippen molar-refractivity contribution in [1.82, 2.24) is 4.57 Å². The van der Waals surface area contributed by atoms with Gasteiger partial charge in [-0.05, 0) is 46.8 Å². The highest BCUT2D eigenvalue weighted by Crippen LogP contribution is 2.19. The maximum absolute atomic E-state index is 10.8. The zero-order valence-corrected chi connectivity index (χ0v) is 11.5. The molecule has 0 amide bonds. The summed E-state index contributed by atoms with van der Waals surface area (Å²) < 4.78 is 2.14. The number of carbonyl (C=O) groups is 1. The number of benzene rings is 2. The molecule has 21 heavy (non-hydrogen) atoms. The largest absolute Gasteiger partial charge is 0.478 e. The van der Waals surface area contributed by atoms with E-state index in [0.717, 1.165) is 16.6 Å². The van der Waals surface area contributed by atoms with E-state index in [2.05, 4.69) is 22.8 Å². The van der Waals surface area contributed by atoms with Gasteiger partial charge in [-0.2, -0.15) is 0 Å². The van der Waals surface area contributed by atoms with Crippen molar-refractivity contribution >= 4 is 16.9 Å². The number of nitrogens with zero attached hydrogens (tertiary/aromatic N) is 1. The molecule has 2 aromatic carbocycles. The molecule has 0 radical (unpaired) electrons. The number of hydrogen-bond donors (Lipinski definition) is 2. The van der Waals surface area contributed by atoms with Gasteiger partial charge in [0, 0.05) is 24.8 Å². The number of fused-ring (bicyclic) bond motifs is 1. The standard InChI is InChI=1S/C17H16N2O2/c18-10-13-3-6-16-15(9-13)7-8-19(16)11-12-1-4-14(5-2-12)17(20)21/h1-9H,10-11,18H2,(H,20,21). The van der Waals surface area contributed by atoms with Gasteiger partial charge < -0.3 is 15.4 Å². The molecule has 3 rings (SSSR count). The number of carboxylic acids is 1. The Hall–Kier alpha value is -2.59. The van der Waals surface area contributed by atoms with Gasteiger partial charge in [-0.25, -0.2) is 4.79 Å². The highest BCUT2D eigenvalue weighted by molar-refractivity contribution is 5.87. The maximum atomic E-state index is 10.8. The fraction of sp³-hybridized carbons (Fsp3) is 0.118. The minimum atomic E-state index is -0.901. The van der Waals surface area contributed by atoms with E-state index in [9.17, 15) is 4.79 Å². The molecule has 106 valence electrons. The van der Waals surface area contributed by atoms with Gasteiger partial charge in [-0.3, -0.25) is 0 Å². The molecule has 0 saturated carbocycles. The number of rotatable bonds is 4. The third kappa shape index (κ3) is 2.66. The van der Waals surface area contributed by atoms with Gasteiger partial charge in [0.05, 0.1) is 5.56 Å². The summed E-state index contributed by atoms with van der Waals surface area (Å²) in [5, 5.41) is 10.1. The molecule has 0 unspecified atom stereocenters. The third-order valence-corrected chi connectivity index (χ3v) is 3.62. The maximum Gasteiger partial charge on any atom is 0.335 e. The van der Waals surface area contributed by atoms with Crippen molar-refractivity contribution in [2.45, 2.75) is 13.1 Å². The molecule has 0 spiro atoms. The lowest BCUT2D eigenvalue weighted by molar-refractivity contribution is 0.0697. The van der Waals surface area contributed by atoms with Crippen LogP contribution >= 0.6 is 0 Å². The lowest BCUT2D eigenvalue weighted by Gasteiger charge is -2.07. The monoisotopic (exact) mass is 280 g/mol. The van der Waals surface area contributed by atoms with Crippen LogP contribution in [-0.4, -0.2) is 15.6 Å². The van der Waals surface area contributed by atoms with Crippen molar-refractivity contribution in [3.05, 3.63) is 71.4 Å². The molecule has 1 aromatic heterocycles. The van der Waals surface area contributed by atoms with E-state index in [1.165, 1.54) is 5.39 Å². The molecule has 3 aromatic rings. The average molecular weight is 280 g/mol. The van der Waals surface area contributed by atoms with Gasteiger partial charge >= 0.3 is 5.97 Å². The Labute approximate surface area is 122 Å². The Kier molecular flexibility index (Phi) is 3.46. The van der Waals surface area contributed by atoms with Crippen LogP contribution in [0.5, 0.6) is 0 Å². The summed E-state index contributed by atoms with van der Waals surface area (Å²) in [6.07, 6.45) is 2.04. The molecular weight excluding hydrogens is 264 g/mol. The fourth-order valence-electron chi connectivity index (χ4n) is 2.46. The second-order valence-electron chi connectivity index (χ2n) is 5.04. The fourth-order valence-corrected chi connectivity index (χ4v) is 2.46. The Morgan fingerprint density at radius 1 is 1.05 bits per heavy atom. The molecule has 1 heterocycles. The van der Waals surface area contributed by atoms with Crippen LogP contribution in [0.3, 0.4) is 0 Å². The van der Waals surface area contributed by atoms with Crippen LogP contribution in [0.1, 0.15) is 21.5 Å². The van der Waals surface area contributed by atoms with E-state index in [-0.39, 0.29) is 0 Å². The minimum absolute atomic E-state index is 0.309. The molecule has 4 heteroatoms. The van der Waals surface area contributed by atoms with Gasteiger partial charge in [0.25, 0.3) is 0 Å². The summed E-state index contributed by atoms with van der Waals surface area (Å²) in [6.45, 7) is 1.25. The lowest BCUT2D eigenvalue weighted by Crippen LogP contribution is -2.00. The number of nitrogens with two attached hydrogens (primary N) is 1. The molecule has 4 nitrogen and oxygen atoms in total. The van der Waals surface area contributed by atoms with Gasteiger partial charge in [0.2, 0.25) is 0 Å². The van der Waals surface area contributed by atoms with Crippen molar-refractivity contribution in [3.63, 3.8) is 0 Å². The highest BCUT2D eigenvalue weighted by atomic mass is 16.4. The molecule has 0 fully saturated rings. The van der Waals surface area contributed by atoms with Gasteiger partial charge in [0.15, 0.2) is 0 Å². The molecule has 0 saturated heterocycles. The smallest absolute Gasteiger partial charge is 0.335 e. The molecule has 0 aliphatic rings. The molecule has 0 atom stereocenters. The van der Waals surface area contributed by atoms with E-state index >= 15 is 0 Å². The summed E-state index contributed by atoms with van der Waals surface area (Å²) in [6, 6.07) is 15.2. The number of aromatic nitrogens is 1. The van der Waals surface area contributed by atoms with Crippen molar-refractivity contribution in [2.24, 2.45) is 5.73 Å². The van der Waals surface area contributed by atoms with Crippen molar-refractivity contribution in [3.8, 4) is 0 Å². The second kappa shape index (κ2) is 5.42. The SMILES string of the molecule is NCc1ccc2c(ccn2Cc2ccc(C(=O)O)cc2)c1. The van der Waals surface area contributed by atoms with Crippen LogP contribution < -0.4 is 5.73 Å². The Morgan fingerprint density at radius 2 is 1.76 bits per heavy atom. The topological polar surface area (TPSA) is 68.2 Å². The van der Waals surface area contributed by atoms with E-state index in [1.807, 2.05) is 24.4 Å². The molecule has 3 N–H and O–H groups in total. The van der Waals surface area contributed by atoms with Crippen LogP contribution in [0.4, 0.5) is 0 Å². The van der Waals surface area contributed by atoms with Crippen molar-refractivity contribution in [1.29, 1.82) is 0 Å². The first-order chi connectivity index (χ1) is 10.2. The van der Waals surface area contributed by atoms with Crippen LogP contribution in [0.15, 0.2) is 54.7 Å². The molecular formula is C17H16N2O2.